The van der Waals surface area contributed by atoms with Crippen molar-refractivity contribution in [3.05, 3.63) is 114 Å². The Bertz CT molecular complexity index is 1170. The fourth-order valence-corrected chi connectivity index (χ4v) is 3.34. The van der Waals surface area contributed by atoms with E-state index in [4.69, 9.17) is 4.99 Å². The van der Waals surface area contributed by atoms with Crippen LogP contribution in [0.5, 0.6) is 0 Å². The van der Waals surface area contributed by atoms with E-state index in [0.717, 1.165) is 22.4 Å². The normalized spacial score (nSPS) is 11.2. The molecule has 2 aromatic carbocycles. The van der Waals surface area contributed by atoms with Crippen molar-refractivity contribution in [1.82, 2.24) is 14.8 Å². The van der Waals surface area contributed by atoms with Crippen LogP contribution in [0.3, 0.4) is 0 Å². The number of pyridine rings is 1. The molecule has 0 N–H and O–H groups in total. The monoisotopic (exact) mass is 408 g/mol. The minimum absolute atomic E-state index is 0.0996. The summed E-state index contributed by atoms with van der Waals surface area (Å²) in [5.74, 6) is -0.0996. The number of benzene rings is 2. The Morgan fingerprint density at radius 2 is 1.48 bits per heavy atom. The van der Waals surface area contributed by atoms with Gasteiger partial charge in [-0.05, 0) is 38.5 Å². The van der Waals surface area contributed by atoms with Crippen LogP contribution < -0.4 is 0 Å². The molecule has 0 unspecified atom stereocenters. The number of ketones is 1. The van der Waals surface area contributed by atoms with Gasteiger partial charge in [0.25, 0.3) is 0 Å². The third-order valence-corrected chi connectivity index (χ3v) is 5.16. The zero-order valence-corrected chi connectivity index (χ0v) is 17.9. The van der Waals surface area contributed by atoms with Crippen molar-refractivity contribution in [3.63, 3.8) is 0 Å². The van der Waals surface area contributed by atoms with Gasteiger partial charge in [0, 0.05) is 17.3 Å². The third kappa shape index (κ3) is 4.36. The molecule has 0 atom stereocenters. The fourth-order valence-electron chi connectivity index (χ4n) is 3.34. The highest BCUT2D eigenvalue weighted by molar-refractivity contribution is 6.14. The fraction of sp³-hybridized carbons (Fsp3) is 0.154. The second-order valence-corrected chi connectivity index (χ2v) is 7.94. The molecule has 0 saturated carbocycles. The lowest BCUT2D eigenvalue weighted by Gasteiger charge is -2.23. The van der Waals surface area contributed by atoms with Crippen molar-refractivity contribution in [2.24, 2.45) is 4.99 Å². The van der Waals surface area contributed by atoms with Crippen molar-refractivity contribution in [3.8, 4) is 0 Å². The molecule has 0 fully saturated rings. The van der Waals surface area contributed by atoms with E-state index >= 15 is 0 Å². The number of rotatable bonds is 6. The van der Waals surface area contributed by atoms with Crippen LogP contribution in [0.4, 0.5) is 5.69 Å². The first kappa shape index (κ1) is 20.4. The van der Waals surface area contributed by atoms with Gasteiger partial charge in [-0.3, -0.25) is 14.5 Å². The Hall–Kier alpha value is -3.86. The molecule has 5 nitrogen and oxygen atoms in total. The molecule has 0 aliphatic heterocycles. The molecular formula is C26H24N4O. The lowest BCUT2D eigenvalue weighted by Crippen LogP contribution is -2.36. The van der Waals surface area contributed by atoms with Crippen LogP contribution in [0, 0.1) is 6.92 Å². The van der Waals surface area contributed by atoms with Gasteiger partial charge in [0.2, 0.25) is 5.78 Å². The maximum atomic E-state index is 13.1. The summed E-state index contributed by atoms with van der Waals surface area (Å²) in [7, 11) is 0. The van der Waals surface area contributed by atoms with Crippen LogP contribution >= 0.6 is 0 Å². The molecule has 0 saturated heterocycles. The Labute approximate surface area is 182 Å². The Kier molecular flexibility index (Phi) is 5.58. The molecule has 154 valence electrons. The van der Waals surface area contributed by atoms with Crippen LogP contribution in [-0.2, 0) is 5.54 Å². The molecule has 0 spiro atoms. The Morgan fingerprint density at radius 3 is 1.97 bits per heavy atom. The Morgan fingerprint density at radius 1 is 0.871 bits per heavy atom. The van der Waals surface area contributed by atoms with Crippen molar-refractivity contribution >= 4 is 17.2 Å². The number of hydrogen-bond acceptors (Lipinski definition) is 4. The molecule has 0 amide bonds. The SMILES string of the molecule is Cc1cnn(C(C)(C)C(=O)c2ccc(N=C(c3ccccc3)c3ccccc3)cn2)c1. The quantitative estimate of drug-likeness (QED) is 0.318. The smallest absolute Gasteiger partial charge is 0.208 e. The van der Waals surface area contributed by atoms with Crippen LogP contribution in [0.1, 0.15) is 41.0 Å². The minimum atomic E-state index is -0.828. The molecule has 0 bridgehead atoms. The van der Waals surface area contributed by atoms with Gasteiger partial charge in [0.1, 0.15) is 11.2 Å². The first-order valence-electron chi connectivity index (χ1n) is 10.2. The zero-order valence-electron chi connectivity index (χ0n) is 17.9. The van der Waals surface area contributed by atoms with Crippen molar-refractivity contribution in [2.45, 2.75) is 26.3 Å². The summed E-state index contributed by atoms with van der Waals surface area (Å²) in [6.07, 6.45) is 5.25. The van der Waals surface area contributed by atoms with E-state index in [0.29, 0.717) is 11.4 Å². The van der Waals surface area contributed by atoms with Gasteiger partial charge in [0.15, 0.2) is 0 Å². The van der Waals surface area contributed by atoms with Gasteiger partial charge in [-0.1, -0.05) is 60.7 Å². The average Bonchev–Trinajstić information content (AvgIpc) is 3.26. The molecular weight excluding hydrogens is 384 g/mol. The van der Waals surface area contributed by atoms with E-state index in [-0.39, 0.29) is 5.78 Å². The predicted molar refractivity (Wildman–Crippen MR) is 123 cm³/mol. The molecule has 0 radical (unpaired) electrons. The van der Waals surface area contributed by atoms with Crippen LogP contribution in [-0.4, -0.2) is 26.3 Å². The lowest BCUT2D eigenvalue weighted by atomic mass is 9.96. The summed E-state index contributed by atoms with van der Waals surface area (Å²) in [6, 6.07) is 23.6. The zero-order chi connectivity index (χ0) is 21.8. The molecule has 31 heavy (non-hydrogen) atoms. The van der Waals surface area contributed by atoms with Crippen molar-refractivity contribution in [2.75, 3.05) is 0 Å². The second-order valence-electron chi connectivity index (χ2n) is 7.94. The highest BCUT2D eigenvalue weighted by atomic mass is 16.1. The number of nitrogens with zero attached hydrogens (tertiary/aromatic N) is 4. The number of Topliss-reactive ketones (excluding diaryl/α,β-unsaturated/α-hetero) is 1. The topological polar surface area (TPSA) is 60.1 Å². The van der Waals surface area contributed by atoms with Gasteiger partial charge in [-0.15, -0.1) is 0 Å². The molecule has 2 aromatic heterocycles. The van der Waals surface area contributed by atoms with Gasteiger partial charge < -0.3 is 0 Å². The average molecular weight is 409 g/mol. The number of hydrogen-bond donors (Lipinski definition) is 0. The largest absolute Gasteiger partial charge is 0.290 e. The number of aromatic nitrogens is 3. The number of aryl methyl sites for hydroxylation is 1. The lowest BCUT2D eigenvalue weighted by molar-refractivity contribution is 0.0828. The van der Waals surface area contributed by atoms with E-state index in [1.54, 1.807) is 23.1 Å². The molecule has 0 aliphatic rings. The maximum Gasteiger partial charge on any atom is 0.208 e. The molecule has 5 heteroatoms. The van der Waals surface area contributed by atoms with E-state index in [9.17, 15) is 4.79 Å². The molecule has 0 aliphatic carbocycles. The summed E-state index contributed by atoms with van der Waals surface area (Å²) < 4.78 is 1.68. The van der Waals surface area contributed by atoms with E-state index in [2.05, 4.69) is 10.1 Å². The first-order chi connectivity index (χ1) is 14.9. The van der Waals surface area contributed by atoms with Gasteiger partial charge in [-0.2, -0.15) is 5.10 Å². The van der Waals surface area contributed by atoms with Crippen LogP contribution in [0.15, 0.2) is 96.4 Å². The summed E-state index contributed by atoms with van der Waals surface area (Å²) in [5.41, 5.74) is 4.14. The highest BCUT2D eigenvalue weighted by Crippen LogP contribution is 2.23. The molecule has 4 aromatic rings. The van der Waals surface area contributed by atoms with Crippen molar-refractivity contribution < 1.29 is 4.79 Å². The van der Waals surface area contributed by atoms with Gasteiger partial charge >= 0.3 is 0 Å². The molecule has 2 heterocycles. The van der Waals surface area contributed by atoms with Gasteiger partial charge in [-0.25, -0.2) is 4.99 Å². The van der Waals surface area contributed by atoms with Crippen LogP contribution in [0.25, 0.3) is 0 Å². The van der Waals surface area contributed by atoms with E-state index in [1.807, 2.05) is 93.7 Å². The maximum absolute atomic E-state index is 13.1. The molecule has 4 rings (SSSR count). The predicted octanol–water partition coefficient (Wildman–Crippen LogP) is 5.37. The Balaban J connectivity index is 1.66. The summed E-state index contributed by atoms with van der Waals surface area (Å²) >= 11 is 0. The highest BCUT2D eigenvalue weighted by Gasteiger charge is 2.32. The van der Waals surface area contributed by atoms with E-state index < -0.39 is 5.54 Å². The summed E-state index contributed by atoms with van der Waals surface area (Å²) in [6.45, 7) is 5.64. The first-order valence-corrected chi connectivity index (χ1v) is 10.2. The van der Waals surface area contributed by atoms with Gasteiger partial charge in [0.05, 0.1) is 23.8 Å². The van der Waals surface area contributed by atoms with Crippen LogP contribution in [0.2, 0.25) is 0 Å². The number of carbonyl (C=O) groups excluding carboxylic acids is 1. The summed E-state index contributed by atoms with van der Waals surface area (Å²) in [5, 5.41) is 4.30. The van der Waals surface area contributed by atoms with E-state index in [1.165, 1.54) is 0 Å². The second kappa shape index (κ2) is 8.48. The summed E-state index contributed by atoms with van der Waals surface area (Å²) in [4.78, 5) is 22.4. The number of aliphatic imine (C=N–C) groups is 1. The third-order valence-electron chi connectivity index (χ3n) is 5.16. The van der Waals surface area contributed by atoms with Crippen molar-refractivity contribution in [1.29, 1.82) is 0 Å². The number of carbonyl (C=O) groups is 1. The minimum Gasteiger partial charge on any atom is -0.290 e. The standard InChI is InChI=1S/C26H24N4O/c1-19-16-28-30(18-19)26(2,3)25(31)23-15-14-22(17-27-23)29-24(20-10-6-4-7-11-20)21-12-8-5-9-13-21/h4-18H,1-3H3.